The summed E-state index contributed by atoms with van der Waals surface area (Å²) in [7, 11) is -2.61. The maximum absolute atomic E-state index is 12.8. The Morgan fingerprint density at radius 1 is 1.16 bits per heavy atom. The SMILES string of the molecule is COc1ccccc1NS(=O)(=O)c1cccc(C(=O)OCC(=O)N[C@](C)(C#N)C(C)C)c1. The fourth-order valence-electron chi connectivity index (χ4n) is 2.56. The van der Waals surface area contributed by atoms with Crippen LogP contribution in [0.1, 0.15) is 31.1 Å². The lowest BCUT2D eigenvalue weighted by Gasteiger charge is -2.27. The Hall–Kier alpha value is -3.58. The van der Waals surface area contributed by atoms with Gasteiger partial charge in [0.1, 0.15) is 11.3 Å². The quantitative estimate of drug-likeness (QED) is 0.551. The highest BCUT2D eigenvalue weighted by molar-refractivity contribution is 7.92. The molecule has 0 fully saturated rings. The van der Waals surface area contributed by atoms with Gasteiger partial charge in [-0.25, -0.2) is 13.2 Å². The van der Waals surface area contributed by atoms with E-state index in [2.05, 4.69) is 10.0 Å². The summed E-state index contributed by atoms with van der Waals surface area (Å²) in [5.41, 5.74) is -0.917. The fraction of sp³-hybridized carbons (Fsp3) is 0.318. The number of rotatable bonds is 9. The van der Waals surface area contributed by atoms with E-state index in [4.69, 9.17) is 9.47 Å². The minimum atomic E-state index is -4.02. The van der Waals surface area contributed by atoms with E-state index in [1.165, 1.54) is 25.3 Å². The van der Waals surface area contributed by atoms with E-state index >= 15 is 0 Å². The molecule has 2 aromatic carbocycles. The molecule has 1 amide bonds. The number of sulfonamides is 1. The summed E-state index contributed by atoms with van der Waals surface area (Å²) < 4.78 is 38.0. The molecular formula is C22H25N3O6S. The molecule has 0 bridgehead atoms. The number of nitrogens with one attached hydrogen (secondary N) is 2. The van der Waals surface area contributed by atoms with Crippen molar-refractivity contribution in [1.29, 1.82) is 5.26 Å². The van der Waals surface area contributed by atoms with Gasteiger partial charge in [-0.05, 0) is 43.2 Å². The molecule has 9 nitrogen and oxygen atoms in total. The van der Waals surface area contributed by atoms with Crippen LogP contribution in [0.15, 0.2) is 53.4 Å². The maximum atomic E-state index is 12.8. The molecule has 0 saturated heterocycles. The van der Waals surface area contributed by atoms with E-state index in [0.717, 1.165) is 6.07 Å². The fourth-order valence-corrected chi connectivity index (χ4v) is 3.68. The molecule has 10 heteroatoms. The number of nitriles is 1. The van der Waals surface area contributed by atoms with E-state index in [1.54, 1.807) is 45.0 Å². The Labute approximate surface area is 187 Å². The van der Waals surface area contributed by atoms with E-state index in [0.29, 0.717) is 5.75 Å². The van der Waals surface area contributed by atoms with Crippen LogP contribution in [0.4, 0.5) is 5.69 Å². The highest BCUT2D eigenvalue weighted by Gasteiger charge is 2.30. The Balaban J connectivity index is 2.11. The average Bonchev–Trinajstić information content (AvgIpc) is 2.77. The number of hydrogen-bond donors (Lipinski definition) is 2. The predicted molar refractivity (Wildman–Crippen MR) is 118 cm³/mol. The number of carbonyl (C=O) groups excluding carboxylic acids is 2. The highest BCUT2D eigenvalue weighted by atomic mass is 32.2. The van der Waals surface area contributed by atoms with Crippen molar-refractivity contribution in [2.45, 2.75) is 31.2 Å². The van der Waals surface area contributed by atoms with Gasteiger partial charge in [0.15, 0.2) is 6.61 Å². The average molecular weight is 460 g/mol. The van der Waals surface area contributed by atoms with Crippen LogP contribution in [-0.4, -0.2) is 39.5 Å². The molecule has 0 saturated carbocycles. The predicted octanol–water partition coefficient (Wildman–Crippen LogP) is 2.71. The van der Waals surface area contributed by atoms with Crippen LogP contribution in [0.3, 0.4) is 0 Å². The molecule has 0 spiro atoms. The first kappa shape index (κ1) is 24.7. The monoisotopic (exact) mass is 459 g/mol. The Morgan fingerprint density at radius 3 is 2.47 bits per heavy atom. The lowest BCUT2D eigenvalue weighted by Crippen LogP contribution is -2.50. The van der Waals surface area contributed by atoms with E-state index in [9.17, 15) is 23.3 Å². The summed E-state index contributed by atoms with van der Waals surface area (Å²) in [6, 6.07) is 13.7. The van der Waals surface area contributed by atoms with Crippen LogP contribution in [0.5, 0.6) is 5.75 Å². The number of benzene rings is 2. The first-order valence-corrected chi connectivity index (χ1v) is 11.2. The van der Waals surface area contributed by atoms with Crippen molar-refractivity contribution in [1.82, 2.24) is 5.32 Å². The van der Waals surface area contributed by atoms with Crippen molar-refractivity contribution in [2.75, 3.05) is 18.4 Å². The van der Waals surface area contributed by atoms with Crippen molar-refractivity contribution in [3.63, 3.8) is 0 Å². The lowest BCUT2D eigenvalue weighted by atomic mass is 9.90. The third kappa shape index (κ3) is 5.98. The van der Waals surface area contributed by atoms with Crippen LogP contribution < -0.4 is 14.8 Å². The first-order chi connectivity index (χ1) is 15.0. The van der Waals surface area contributed by atoms with E-state index < -0.39 is 34.0 Å². The maximum Gasteiger partial charge on any atom is 0.338 e. The Bertz CT molecular complexity index is 1140. The van der Waals surface area contributed by atoms with Gasteiger partial charge in [0.2, 0.25) is 0 Å². The Kier molecular flexibility index (Phi) is 7.83. The van der Waals surface area contributed by atoms with Gasteiger partial charge in [-0.3, -0.25) is 9.52 Å². The number of carbonyl (C=O) groups is 2. The number of amides is 1. The lowest BCUT2D eigenvalue weighted by molar-refractivity contribution is -0.125. The molecule has 1 atom stereocenters. The van der Waals surface area contributed by atoms with Crippen LogP contribution in [0.25, 0.3) is 0 Å². The number of methoxy groups -OCH3 is 1. The summed E-state index contributed by atoms with van der Waals surface area (Å²) in [5.74, 6) is -1.34. The molecular weight excluding hydrogens is 434 g/mol. The van der Waals surface area contributed by atoms with Crippen molar-refractivity contribution < 1.29 is 27.5 Å². The van der Waals surface area contributed by atoms with Gasteiger partial charge in [0.25, 0.3) is 15.9 Å². The zero-order chi connectivity index (χ0) is 23.9. The second kappa shape index (κ2) is 10.2. The number of esters is 1. The summed E-state index contributed by atoms with van der Waals surface area (Å²) in [4.78, 5) is 24.3. The van der Waals surface area contributed by atoms with Crippen molar-refractivity contribution in [3.05, 3.63) is 54.1 Å². The molecule has 32 heavy (non-hydrogen) atoms. The van der Waals surface area contributed by atoms with Gasteiger partial charge >= 0.3 is 5.97 Å². The smallest absolute Gasteiger partial charge is 0.338 e. The number of para-hydroxylation sites is 2. The van der Waals surface area contributed by atoms with Crippen LogP contribution in [0, 0.1) is 17.2 Å². The zero-order valence-corrected chi connectivity index (χ0v) is 19.0. The van der Waals surface area contributed by atoms with Crippen molar-refractivity contribution >= 4 is 27.6 Å². The van der Waals surface area contributed by atoms with E-state index in [-0.39, 0.29) is 22.1 Å². The summed E-state index contributed by atoms with van der Waals surface area (Å²) in [5, 5.41) is 11.8. The molecule has 170 valence electrons. The zero-order valence-electron chi connectivity index (χ0n) is 18.2. The molecule has 0 aliphatic carbocycles. The van der Waals surface area contributed by atoms with Gasteiger partial charge in [0, 0.05) is 0 Å². The van der Waals surface area contributed by atoms with Crippen molar-refractivity contribution in [2.24, 2.45) is 5.92 Å². The summed E-state index contributed by atoms with van der Waals surface area (Å²) in [6.07, 6.45) is 0. The summed E-state index contributed by atoms with van der Waals surface area (Å²) >= 11 is 0. The number of anilines is 1. The van der Waals surface area contributed by atoms with Gasteiger partial charge in [-0.2, -0.15) is 5.26 Å². The molecule has 0 unspecified atom stereocenters. The van der Waals surface area contributed by atoms with Crippen LogP contribution in [0.2, 0.25) is 0 Å². The van der Waals surface area contributed by atoms with Gasteiger partial charge in [-0.1, -0.05) is 32.0 Å². The first-order valence-electron chi connectivity index (χ1n) is 9.67. The molecule has 0 radical (unpaired) electrons. The van der Waals surface area contributed by atoms with Gasteiger partial charge in [-0.15, -0.1) is 0 Å². The molecule has 0 aliphatic heterocycles. The third-order valence-corrected chi connectivity index (χ3v) is 6.21. The second-order valence-electron chi connectivity index (χ2n) is 7.43. The standard InChI is InChI=1S/C22H25N3O6S/c1-15(2)22(3,14-23)24-20(26)13-31-21(27)16-8-7-9-17(12-16)32(28,29)25-18-10-5-6-11-19(18)30-4/h5-12,15,25H,13H2,1-4H3,(H,24,26)/t22-/m1/s1. The summed E-state index contributed by atoms with van der Waals surface area (Å²) in [6.45, 7) is 4.51. The second-order valence-corrected chi connectivity index (χ2v) is 9.11. The molecule has 0 aliphatic rings. The molecule has 0 aromatic heterocycles. The largest absolute Gasteiger partial charge is 0.495 e. The minimum Gasteiger partial charge on any atom is -0.495 e. The number of ether oxygens (including phenoxy) is 2. The van der Waals surface area contributed by atoms with E-state index in [1.807, 2.05) is 6.07 Å². The molecule has 2 N–H and O–H groups in total. The number of nitrogens with zero attached hydrogens (tertiary/aromatic N) is 1. The normalized spacial score (nSPS) is 12.9. The molecule has 2 aromatic rings. The third-order valence-electron chi connectivity index (χ3n) is 4.85. The minimum absolute atomic E-state index is 0.0485. The highest BCUT2D eigenvalue weighted by Crippen LogP contribution is 2.26. The molecule has 2 rings (SSSR count). The topological polar surface area (TPSA) is 135 Å². The van der Waals surface area contributed by atoms with Crippen molar-refractivity contribution in [3.8, 4) is 11.8 Å². The van der Waals surface area contributed by atoms with Crippen LogP contribution in [-0.2, 0) is 19.6 Å². The van der Waals surface area contributed by atoms with Crippen LogP contribution >= 0.6 is 0 Å². The molecule has 0 heterocycles. The number of hydrogen-bond acceptors (Lipinski definition) is 7. The van der Waals surface area contributed by atoms with Gasteiger partial charge < -0.3 is 14.8 Å². The van der Waals surface area contributed by atoms with Gasteiger partial charge in [0.05, 0.1) is 29.3 Å². The Morgan fingerprint density at radius 2 is 1.84 bits per heavy atom.